The van der Waals surface area contributed by atoms with Crippen molar-refractivity contribution in [2.75, 3.05) is 0 Å². The van der Waals surface area contributed by atoms with E-state index < -0.39 is 15.8 Å². The summed E-state index contributed by atoms with van der Waals surface area (Å²) in [5.74, 6) is 3.39. The second-order valence-corrected chi connectivity index (χ2v) is 19.8. The van der Waals surface area contributed by atoms with Gasteiger partial charge in [0, 0.05) is 11.5 Å². The topological polar surface area (TPSA) is 72.4 Å². The van der Waals surface area contributed by atoms with E-state index in [0.29, 0.717) is 0 Å². The van der Waals surface area contributed by atoms with Gasteiger partial charge < -0.3 is 29.4 Å². The van der Waals surface area contributed by atoms with Gasteiger partial charge in [0.15, 0.2) is 11.5 Å². The summed E-state index contributed by atoms with van der Waals surface area (Å²) in [6, 6.07) is 75.4. The van der Waals surface area contributed by atoms with Gasteiger partial charge in [-0.3, -0.25) is 0 Å². The molecule has 0 aliphatic carbocycles. The van der Waals surface area contributed by atoms with Gasteiger partial charge in [-0.25, -0.2) is 0 Å². The molecule has 0 fully saturated rings. The molecule has 0 unspecified atom stereocenters. The van der Waals surface area contributed by atoms with E-state index in [4.69, 9.17) is 9.47 Å². The van der Waals surface area contributed by atoms with E-state index in [2.05, 4.69) is 192 Å². The summed E-state index contributed by atoms with van der Waals surface area (Å²) in [6.07, 6.45) is 6.52. The molecule has 0 saturated heterocycles. The molecule has 2 aromatic heterocycles. The first-order chi connectivity index (χ1) is 32.4. The maximum Gasteiger partial charge on any atom is 2.00 e. The second kappa shape index (κ2) is 27.9. The fraction of sp³-hybridized carbons (Fsp3) is 0.0345. The van der Waals surface area contributed by atoms with Crippen molar-refractivity contribution in [2.45, 2.75) is 13.8 Å². The van der Waals surface area contributed by atoms with Crippen LogP contribution in [0.2, 0.25) is 0 Å². The third-order valence-electron chi connectivity index (χ3n) is 10.1. The van der Waals surface area contributed by atoms with Gasteiger partial charge in [-0.15, -0.1) is 12.1 Å². The summed E-state index contributed by atoms with van der Waals surface area (Å²) in [7, 11) is -2.37. The summed E-state index contributed by atoms with van der Waals surface area (Å²) >= 11 is 0. The Morgan fingerprint density at radius 3 is 0.868 bits per heavy atom. The summed E-state index contributed by atoms with van der Waals surface area (Å²) in [4.78, 5) is 15.0. The van der Waals surface area contributed by atoms with Crippen molar-refractivity contribution in [1.82, 2.24) is 19.9 Å². The van der Waals surface area contributed by atoms with Crippen molar-refractivity contribution >= 4 is 47.7 Å². The molecule has 10 aromatic rings. The molecule has 0 atom stereocenters. The van der Waals surface area contributed by atoms with Crippen molar-refractivity contribution in [2.24, 2.45) is 0 Å². The summed E-state index contributed by atoms with van der Waals surface area (Å²) in [5, 5.41) is 7.84. The molecule has 6 nitrogen and oxygen atoms in total. The fourth-order valence-corrected chi connectivity index (χ4v) is 12.2. The van der Waals surface area contributed by atoms with Crippen LogP contribution in [-0.2, 0) is 34.1 Å². The van der Waals surface area contributed by atoms with Gasteiger partial charge in [0.2, 0.25) is 0 Å². The minimum absolute atomic E-state index is 0. The van der Waals surface area contributed by atoms with E-state index in [9.17, 15) is 0 Å². The number of hydrogen-bond donors (Lipinski definition) is 0. The molecule has 0 saturated carbocycles. The molecule has 0 spiro atoms. The predicted molar refractivity (Wildman–Crippen MR) is 280 cm³/mol. The van der Waals surface area contributed by atoms with Crippen LogP contribution in [-0.4, -0.2) is 9.97 Å². The Kier molecular flexibility index (Phi) is 21.5. The van der Waals surface area contributed by atoms with Gasteiger partial charge in [0.25, 0.3) is 0 Å². The van der Waals surface area contributed by atoms with Crippen LogP contribution in [0.4, 0.5) is 0 Å². The SMILES string of the molecule is Cc1cnc[n-]1.Cc1cnc[n-]1.[CH2-]c1ccccc1Oc1ccccc1[PH+](c1ccccc1)c1ccccc1.[CH2-]c1ccccc1Oc1ccccc1[PH+](c1ccccc1)c1ccccc1.[Cu+2].[Cu+2]. The van der Waals surface area contributed by atoms with Gasteiger partial charge in [-0.05, 0) is 86.6 Å². The maximum atomic E-state index is 6.33. The van der Waals surface area contributed by atoms with Crippen LogP contribution in [0.1, 0.15) is 22.5 Å². The smallest absolute Gasteiger partial charge is 0.513 e. The Morgan fingerprint density at radius 1 is 0.353 bits per heavy atom. The molecule has 0 aliphatic heterocycles. The number of para-hydroxylation sites is 4. The van der Waals surface area contributed by atoms with Crippen LogP contribution < -0.4 is 51.3 Å². The third-order valence-corrected chi connectivity index (χ3v) is 15.7. The number of rotatable bonds is 10. The Morgan fingerprint density at radius 2 is 0.618 bits per heavy atom. The molecule has 10 heteroatoms. The van der Waals surface area contributed by atoms with Crippen LogP contribution in [0.15, 0.2) is 243 Å². The quantitative estimate of drug-likeness (QED) is 0.0772. The number of aromatic nitrogens is 4. The van der Waals surface area contributed by atoms with E-state index >= 15 is 0 Å². The molecule has 68 heavy (non-hydrogen) atoms. The van der Waals surface area contributed by atoms with Gasteiger partial charge in [0.05, 0.1) is 0 Å². The number of ether oxygens (including phenoxy) is 2. The molecular formula is C58H52Cu2N4O2P2+2. The number of imidazole rings is 2. The van der Waals surface area contributed by atoms with Gasteiger partial charge in [0.1, 0.15) is 47.7 Å². The third kappa shape index (κ3) is 15.2. The number of nitrogens with zero attached hydrogens (tertiary/aromatic N) is 4. The van der Waals surface area contributed by atoms with Crippen molar-refractivity contribution in [3.63, 3.8) is 0 Å². The van der Waals surface area contributed by atoms with E-state index in [1.165, 1.54) is 44.5 Å². The zero-order valence-corrected chi connectivity index (χ0v) is 41.6. The minimum Gasteiger partial charge on any atom is -0.513 e. The first kappa shape index (κ1) is 52.4. The molecule has 0 aliphatic rings. The van der Waals surface area contributed by atoms with Crippen LogP contribution in [0.25, 0.3) is 0 Å². The Labute approximate surface area is 425 Å². The molecule has 0 N–H and O–H groups in total. The summed E-state index contributed by atoms with van der Waals surface area (Å²) in [5.41, 5.74) is 3.74. The normalized spacial score (nSPS) is 10.1. The van der Waals surface area contributed by atoms with Crippen LogP contribution in [0.3, 0.4) is 0 Å². The maximum absolute atomic E-state index is 6.33. The minimum atomic E-state index is -1.18. The standard InChI is InChI=1S/2C25H20OP.2C4H5N2.2Cu/c2*1-20-12-8-9-17-23(20)26-24-18-10-11-19-25(24)27(21-13-4-2-5-14-21)22-15-6-3-7-16-22;2*1-4-2-5-3-6-4;;/h2*2-19H,1H2;2*2-3H,1H3;;/q4*-1;2*+2/p+2. The number of benzene rings is 8. The van der Waals surface area contributed by atoms with Crippen LogP contribution in [0, 0.1) is 27.7 Å². The molecule has 10 rings (SSSR count). The Hall–Kier alpha value is -6.58. The summed E-state index contributed by atoms with van der Waals surface area (Å²) in [6.45, 7) is 12.0. The Bertz CT molecular complexity index is 2650. The Balaban J connectivity index is 0.000000199. The molecule has 0 bridgehead atoms. The van der Waals surface area contributed by atoms with Gasteiger partial charge in [-0.1, -0.05) is 158 Å². The average molecular weight is 1030 g/mol. The van der Waals surface area contributed by atoms with E-state index in [-0.39, 0.29) is 34.1 Å². The largest absolute Gasteiger partial charge is 2.00 e. The van der Waals surface area contributed by atoms with E-state index in [1.54, 1.807) is 12.4 Å². The first-order valence-electron chi connectivity index (χ1n) is 21.5. The van der Waals surface area contributed by atoms with Crippen LogP contribution in [0.5, 0.6) is 23.0 Å². The average Bonchev–Trinajstić information content (AvgIpc) is 4.07. The fourth-order valence-electron chi connectivity index (χ4n) is 6.94. The van der Waals surface area contributed by atoms with E-state index in [1.807, 2.05) is 74.5 Å². The monoisotopic (exact) mass is 1020 g/mol. The zero-order chi connectivity index (χ0) is 45.8. The second-order valence-electron chi connectivity index (χ2n) is 15.0. The van der Waals surface area contributed by atoms with Crippen molar-refractivity contribution in [3.8, 4) is 23.0 Å². The van der Waals surface area contributed by atoms with Crippen LogP contribution >= 0.6 is 15.8 Å². The van der Waals surface area contributed by atoms with Crippen molar-refractivity contribution in [3.05, 3.63) is 280 Å². The molecule has 346 valence electrons. The first-order valence-corrected chi connectivity index (χ1v) is 24.5. The predicted octanol–water partition coefficient (Wildman–Crippen LogP) is 11.0. The zero-order valence-electron chi connectivity index (χ0n) is 37.7. The van der Waals surface area contributed by atoms with E-state index in [0.717, 1.165) is 45.5 Å². The van der Waals surface area contributed by atoms with Crippen molar-refractivity contribution < 1.29 is 43.6 Å². The number of aryl methyl sites for hydroxylation is 2. The molecular weight excluding hydrogens is 974 g/mol. The molecule has 8 aromatic carbocycles. The van der Waals surface area contributed by atoms with Gasteiger partial charge >= 0.3 is 34.1 Å². The van der Waals surface area contributed by atoms with Crippen molar-refractivity contribution in [1.29, 1.82) is 0 Å². The summed E-state index contributed by atoms with van der Waals surface area (Å²) < 4.78 is 12.7. The molecule has 2 radical (unpaired) electrons. The van der Waals surface area contributed by atoms with Gasteiger partial charge in [-0.2, -0.15) is 37.1 Å². The molecule has 0 amide bonds. The molecule has 2 heterocycles. The number of hydrogen-bond acceptors (Lipinski definition) is 4.